The normalized spacial score (nSPS) is 35.9. The summed E-state index contributed by atoms with van der Waals surface area (Å²) in [4.78, 5) is 27.6. The van der Waals surface area contributed by atoms with Gasteiger partial charge in [-0.25, -0.2) is 4.39 Å². The number of benzene rings is 1. The van der Waals surface area contributed by atoms with Gasteiger partial charge in [0.05, 0.1) is 48.2 Å². The molecule has 14 N–H and O–H groups in total. The number of carbonyl (C=O) groups excluding carboxylic acids is 1. The molecule has 353 valence electrons. The first-order chi connectivity index (χ1) is 30.1. The quantitative estimate of drug-likeness (QED) is 0.0600. The fraction of sp³-hybridized carbons (Fsp3) is 0.684. The monoisotopic (exact) mass is 983 g/mol. The molecule has 5 heterocycles. The number of pyridine rings is 1. The summed E-state index contributed by atoms with van der Waals surface area (Å²) in [5.41, 5.74) is 26.3. The molecule has 5 aliphatic rings. The molecule has 15 atom stereocenters. The predicted molar refractivity (Wildman–Crippen MR) is 214 cm³/mol. The molecule has 1 aromatic carbocycles. The molecule has 2 aromatic heterocycles. The predicted octanol–water partition coefficient (Wildman–Crippen LogP) is -5.02. The summed E-state index contributed by atoms with van der Waals surface area (Å²) in [7, 11) is 0. The number of nitrogens with zero attached hydrogens (tertiary/aromatic N) is 6. The number of rotatable bonds is 12. The molecule has 1 radical (unpaired) electrons. The fourth-order valence-corrected chi connectivity index (χ4v) is 8.33. The van der Waals surface area contributed by atoms with Crippen LogP contribution in [0.1, 0.15) is 25.3 Å². The van der Waals surface area contributed by atoms with E-state index in [0.29, 0.717) is 31.0 Å². The van der Waals surface area contributed by atoms with E-state index < -0.39 is 110 Å². The number of piperazine rings is 1. The SMILES string of the molecule is O=COc1cn(C2CC2)c2cc(N3CCN(Cn4c[c-]nn4)CC3)c(F)cc2c1=O.[NH-][C@H]1CC(N)[C@@H](O[C@H]2OC(CN)[C@@H](O)C(O)[C@@H]2O)C(O)[C@@H]1OC1O[C@H](CO)[C@H](O)C(N)[C@@H]1O.[Y]. The molecule has 8 rings (SSSR count). The molecule has 2 aliphatic carbocycles. The van der Waals surface area contributed by atoms with Crippen molar-refractivity contribution in [3.05, 3.63) is 52.5 Å². The molecule has 0 amide bonds. The van der Waals surface area contributed by atoms with Crippen molar-refractivity contribution in [1.82, 2.24) is 24.5 Å². The maximum Gasteiger partial charge on any atom is 0.298 e. The van der Waals surface area contributed by atoms with Crippen molar-refractivity contribution in [2.24, 2.45) is 17.2 Å². The Balaban J connectivity index is 0.000000210. The van der Waals surface area contributed by atoms with Crippen molar-refractivity contribution in [1.29, 1.82) is 0 Å². The van der Waals surface area contributed by atoms with Crippen LogP contribution in [-0.2, 0) is 63.1 Å². The summed E-state index contributed by atoms with van der Waals surface area (Å²) in [6, 6.07) is 0.0505. The van der Waals surface area contributed by atoms with Crippen molar-refractivity contribution in [3.63, 3.8) is 0 Å². The Morgan fingerprint density at radius 1 is 0.922 bits per heavy atom. The third-order valence-corrected chi connectivity index (χ3v) is 12.1. The minimum absolute atomic E-state index is 0. The summed E-state index contributed by atoms with van der Waals surface area (Å²) < 4.78 is 45.5. The number of aliphatic hydroxyl groups excluding tert-OH is 7. The van der Waals surface area contributed by atoms with Crippen LogP contribution in [0.3, 0.4) is 0 Å². The third kappa shape index (κ3) is 10.8. The number of aliphatic hydroxyl groups is 7. The molecule has 3 saturated heterocycles. The summed E-state index contributed by atoms with van der Waals surface area (Å²) in [6.07, 6.45) is -9.08. The second kappa shape index (κ2) is 21.9. The van der Waals surface area contributed by atoms with Crippen LogP contribution in [0.2, 0.25) is 0 Å². The van der Waals surface area contributed by atoms with Crippen LogP contribution in [0, 0.1) is 12.0 Å². The van der Waals surface area contributed by atoms with Crippen molar-refractivity contribution in [2.45, 2.75) is 124 Å². The Bertz CT molecular complexity index is 2000. The zero-order valence-corrected chi connectivity index (χ0v) is 37.4. The van der Waals surface area contributed by atoms with Gasteiger partial charge in [0.2, 0.25) is 5.43 Å². The molecular formula is C38H55FN10O14Y-2. The molecule has 24 nitrogen and oxygen atoms in total. The van der Waals surface area contributed by atoms with Crippen molar-refractivity contribution < 1.29 is 101 Å². The number of halogens is 1. The second-order valence-electron chi connectivity index (χ2n) is 16.4. The molecule has 5 fully saturated rings. The average molecular weight is 984 g/mol. The van der Waals surface area contributed by atoms with Crippen LogP contribution in [-0.4, -0.2) is 198 Å². The third-order valence-electron chi connectivity index (χ3n) is 12.1. The number of nitrogens with two attached hydrogens (primary N) is 3. The van der Waals surface area contributed by atoms with Gasteiger partial charge in [-0.3, -0.25) is 19.2 Å². The molecule has 2 saturated carbocycles. The van der Waals surface area contributed by atoms with E-state index in [1.54, 1.807) is 23.1 Å². The van der Waals surface area contributed by atoms with Crippen molar-refractivity contribution in [2.75, 3.05) is 44.2 Å². The molecule has 3 aliphatic heterocycles. The molecule has 6 unspecified atom stereocenters. The maximum absolute atomic E-state index is 15.0. The van der Waals surface area contributed by atoms with E-state index in [4.69, 9.17) is 46.6 Å². The zero-order chi connectivity index (χ0) is 45.3. The molecular weight excluding hydrogens is 928 g/mol. The zero-order valence-electron chi connectivity index (χ0n) is 34.6. The molecule has 64 heavy (non-hydrogen) atoms. The van der Waals surface area contributed by atoms with Gasteiger partial charge in [-0.05, 0) is 31.4 Å². The van der Waals surface area contributed by atoms with E-state index in [1.807, 2.05) is 9.47 Å². The number of fused-ring (bicyclic) bond motifs is 1. The number of aromatic nitrogens is 4. The first-order valence-corrected chi connectivity index (χ1v) is 20.6. The number of anilines is 1. The van der Waals surface area contributed by atoms with Crippen LogP contribution in [0.15, 0.2) is 29.3 Å². The summed E-state index contributed by atoms with van der Waals surface area (Å²) >= 11 is 0. The Labute approximate surface area is 390 Å². The summed E-state index contributed by atoms with van der Waals surface area (Å²) in [5.74, 6) is -0.528. The van der Waals surface area contributed by atoms with Gasteiger partial charge in [0.15, 0.2) is 18.3 Å². The van der Waals surface area contributed by atoms with E-state index >= 15 is 4.39 Å². The number of hydrogen-bond donors (Lipinski definition) is 10. The second-order valence-corrected chi connectivity index (χ2v) is 16.4. The molecule has 0 spiro atoms. The van der Waals surface area contributed by atoms with Crippen LogP contribution in [0.25, 0.3) is 16.6 Å². The molecule has 0 bridgehead atoms. The van der Waals surface area contributed by atoms with E-state index in [0.717, 1.165) is 25.9 Å². The number of nitrogens with one attached hydrogen (secondary N) is 1. The number of hydrogen-bond acceptors (Lipinski definition) is 21. The fourth-order valence-electron chi connectivity index (χ4n) is 8.33. The Morgan fingerprint density at radius 2 is 1.59 bits per heavy atom. The van der Waals surface area contributed by atoms with Gasteiger partial charge >= 0.3 is 0 Å². The van der Waals surface area contributed by atoms with Gasteiger partial charge in [0.1, 0.15) is 60.8 Å². The van der Waals surface area contributed by atoms with Gasteiger partial charge in [-0.1, -0.05) is 0 Å². The summed E-state index contributed by atoms with van der Waals surface area (Å²) in [5, 5.41) is 78.6. The Kier molecular flexibility index (Phi) is 17.3. The van der Waals surface area contributed by atoms with Crippen LogP contribution in [0.4, 0.5) is 10.1 Å². The van der Waals surface area contributed by atoms with Gasteiger partial charge in [0, 0.05) is 77.5 Å². The van der Waals surface area contributed by atoms with E-state index in [-0.39, 0.29) is 69.3 Å². The topological polar surface area (TPSA) is 366 Å². The van der Waals surface area contributed by atoms with E-state index in [9.17, 15) is 45.3 Å². The first-order valence-electron chi connectivity index (χ1n) is 20.6. The Hall–Kier alpha value is -2.77. The minimum atomic E-state index is -1.68. The van der Waals surface area contributed by atoms with E-state index in [1.165, 1.54) is 6.07 Å². The molecule has 3 aromatic rings. The van der Waals surface area contributed by atoms with Crippen LogP contribution in [0.5, 0.6) is 5.75 Å². The largest absolute Gasteiger partial charge is 0.672 e. The van der Waals surface area contributed by atoms with E-state index in [2.05, 4.69) is 21.4 Å². The van der Waals surface area contributed by atoms with Gasteiger partial charge < -0.3 is 103 Å². The Morgan fingerprint density at radius 3 is 2.22 bits per heavy atom. The average Bonchev–Trinajstić information content (AvgIpc) is 3.99. The van der Waals surface area contributed by atoms with Crippen molar-refractivity contribution in [3.8, 4) is 5.75 Å². The molecule has 26 heteroatoms. The number of carbonyl (C=O) groups is 1. The van der Waals surface area contributed by atoms with Crippen molar-refractivity contribution >= 4 is 23.1 Å². The van der Waals surface area contributed by atoms with Crippen LogP contribution < -0.4 is 32.3 Å². The smallest absolute Gasteiger partial charge is 0.298 e. The van der Waals surface area contributed by atoms with Gasteiger partial charge in [-0.2, -0.15) is 0 Å². The maximum atomic E-state index is 15.0. The number of ether oxygens (including phenoxy) is 5. The minimum Gasteiger partial charge on any atom is -0.672 e. The van der Waals surface area contributed by atoms with Gasteiger partial charge in [-0.15, -0.1) is 17.5 Å². The standard InChI is InChI=1S/C20H20FN6O3.C18H35N4O11.Y/c21-16-9-15-17(27(14-1-2-14)11-19(20(15)29)30-13-28)10-18(16)25-7-5-24(6-8-25)12-26-4-3-22-23-26;19-2-6-10(25)12(27)13(28)18(30-6)33-16-5(21)1-4(20)15(14(16)29)32-17-11(26)8(22)9(24)7(3-23)31-17;/h4,9-11,13-14H,1-2,5-8,12H2;4-18,20,23-29H,1-3,19,21-22H2;/q2*-1;/t;4-,5?,6?,7+,8?,9-,10+,11-,12?,13-,14?,15+,16+,17?,18+;/m.0./s1. The summed E-state index contributed by atoms with van der Waals surface area (Å²) in [6.45, 7) is 2.86. The van der Waals surface area contributed by atoms with Gasteiger partial charge in [0.25, 0.3) is 6.47 Å². The van der Waals surface area contributed by atoms with Crippen LogP contribution >= 0.6 is 0 Å². The first kappa shape index (κ1) is 50.6.